The fraction of sp³-hybridized carbons (Fsp3) is 0.511. The lowest BCUT2D eigenvalue weighted by Crippen LogP contribution is -2.44. The van der Waals surface area contributed by atoms with E-state index in [0.717, 1.165) is 37.7 Å². The summed E-state index contributed by atoms with van der Waals surface area (Å²) in [6.45, 7) is 28.2. The fourth-order valence-electron chi connectivity index (χ4n) is 5.58. The smallest absolute Gasteiger partial charge is 0.425 e. The highest BCUT2D eigenvalue weighted by Gasteiger charge is 2.36. The fourth-order valence-corrected chi connectivity index (χ4v) is 6.29. The molecule has 344 valence electrons. The van der Waals surface area contributed by atoms with E-state index in [1.54, 1.807) is 107 Å². The molecule has 2 heterocycles. The van der Waals surface area contributed by atoms with Crippen LogP contribution in [0.25, 0.3) is 21.5 Å². The number of anilines is 2. The molecule has 0 bridgehead atoms. The van der Waals surface area contributed by atoms with E-state index in [-0.39, 0.29) is 24.0 Å². The minimum atomic E-state index is -1.25. The van der Waals surface area contributed by atoms with Gasteiger partial charge in [-0.2, -0.15) is 9.80 Å². The Balaban J connectivity index is 0.000000349. The number of ether oxygens (including phenoxy) is 5. The van der Waals surface area contributed by atoms with Gasteiger partial charge >= 0.3 is 30.3 Å². The maximum absolute atomic E-state index is 13.0. The van der Waals surface area contributed by atoms with Crippen molar-refractivity contribution in [3.8, 4) is 0 Å². The van der Waals surface area contributed by atoms with Crippen molar-refractivity contribution in [3.05, 3.63) is 72.1 Å². The van der Waals surface area contributed by atoms with Gasteiger partial charge in [0.2, 0.25) is 0 Å². The summed E-state index contributed by atoms with van der Waals surface area (Å²) in [6.07, 6.45) is 0.398. The molecular formula is C47H67N5O10Si. The molecule has 0 aliphatic heterocycles. The van der Waals surface area contributed by atoms with Crippen molar-refractivity contribution >= 4 is 71.6 Å². The Morgan fingerprint density at radius 1 is 0.571 bits per heavy atom. The van der Waals surface area contributed by atoms with Crippen LogP contribution >= 0.6 is 0 Å². The molecule has 4 rings (SSSR count). The van der Waals surface area contributed by atoms with Crippen LogP contribution in [0.4, 0.5) is 30.8 Å². The van der Waals surface area contributed by atoms with Gasteiger partial charge in [-0.1, -0.05) is 50.0 Å². The molecule has 4 amide bonds. The van der Waals surface area contributed by atoms with Crippen LogP contribution < -0.4 is 15.5 Å². The molecule has 0 unspecified atom stereocenters. The molecule has 0 aliphatic rings. The summed E-state index contributed by atoms with van der Waals surface area (Å²) in [5, 5.41) is 2.77. The molecule has 15 nitrogen and oxygen atoms in total. The van der Waals surface area contributed by atoms with Gasteiger partial charge in [-0.15, -0.1) is 0 Å². The number of benzene rings is 2. The second-order valence-corrected chi connectivity index (χ2v) is 25.8. The van der Waals surface area contributed by atoms with Crippen molar-refractivity contribution in [2.45, 2.75) is 151 Å². The van der Waals surface area contributed by atoms with Crippen LogP contribution in [0.15, 0.2) is 60.9 Å². The Hall–Kier alpha value is -5.61. The monoisotopic (exact) mass is 889 g/mol. The number of nitrogens with two attached hydrogens (primary N) is 1. The number of esters is 1. The first kappa shape index (κ1) is 51.7. The van der Waals surface area contributed by atoms with Crippen molar-refractivity contribution in [2.24, 2.45) is 5.73 Å². The summed E-state index contributed by atoms with van der Waals surface area (Å²) >= 11 is 0. The number of rotatable bonds is 9. The van der Waals surface area contributed by atoms with Gasteiger partial charge in [0.05, 0.1) is 6.61 Å². The van der Waals surface area contributed by atoms with Crippen molar-refractivity contribution in [1.29, 1.82) is 0 Å². The molecule has 16 heteroatoms. The quantitative estimate of drug-likeness (QED) is 0.0950. The Morgan fingerprint density at radius 3 is 1.29 bits per heavy atom. The predicted octanol–water partition coefficient (Wildman–Crippen LogP) is 11.1. The Morgan fingerprint density at radius 2 is 0.937 bits per heavy atom. The number of pyridine rings is 2. The molecule has 0 saturated carbocycles. The summed E-state index contributed by atoms with van der Waals surface area (Å²) in [7, 11) is -1.25. The molecule has 4 aromatic rings. The number of imide groups is 2. The first-order valence-corrected chi connectivity index (χ1v) is 24.7. The minimum Gasteiger partial charge on any atom is -0.466 e. The van der Waals surface area contributed by atoms with Crippen molar-refractivity contribution in [3.63, 3.8) is 0 Å². The molecule has 2 aromatic heterocycles. The highest BCUT2D eigenvalue weighted by atomic mass is 28.3. The van der Waals surface area contributed by atoms with Crippen LogP contribution in [0.2, 0.25) is 25.7 Å². The molecule has 0 fully saturated rings. The van der Waals surface area contributed by atoms with Crippen molar-refractivity contribution in [1.82, 2.24) is 9.97 Å². The summed E-state index contributed by atoms with van der Waals surface area (Å²) in [6, 6.07) is 15.6. The van der Waals surface area contributed by atoms with Crippen molar-refractivity contribution < 1.29 is 47.7 Å². The van der Waals surface area contributed by atoms with Gasteiger partial charge in [0.1, 0.15) is 22.4 Å². The molecule has 63 heavy (non-hydrogen) atoms. The number of nitrogens with zero attached hydrogens (tertiary/aromatic N) is 4. The van der Waals surface area contributed by atoms with Gasteiger partial charge < -0.3 is 29.4 Å². The molecule has 0 saturated heterocycles. The highest BCUT2D eigenvalue weighted by Crippen LogP contribution is 2.30. The largest absolute Gasteiger partial charge is 0.466 e. The lowest BCUT2D eigenvalue weighted by molar-refractivity contribution is -0.143. The van der Waals surface area contributed by atoms with E-state index >= 15 is 0 Å². The molecule has 0 aliphatic carbocycles. The first-order chi connectivity index (χ1) is 28.9. The molecule has 2 aromatic carbocycles. The van der Waals surface area contributed by atoms with Crippen LogP contribution in [-0.2, 0) is 41.4 Å². The third-order valence-electron chi connectivity index (χ3n) is 8.31. The predicted molar refractivity (Wildman–Crippen MR) is 249 cm³/mol. The number of carbonyl (C=O) groups is 5. The molecular weight excluding hydrogens is 823 g/mol. The maximum atomic E-state index is 13.0. The first-order valence-electron chi connectivity index (χ1n) is 21.0. The van der Waals surface area contributed by atoms with E-state index in [4.69, 9.17) is 29.4 Å². The average molecular weight is 890 g/mol. The lowest BCUT2D eigenvalue weighted by Gasteiger charge is -2.28. The minimum absolute atomic E-state index is 0.119. The van der Waals surface area contributed by atoms with Gasteiger partial charge in [0.15, 0.2) is 11.6 Å². The van der Waals surface area contributed by atoms with Crippen LogP contribution in [0.5, 0.6) is 0 Å². The number of aryl methyl sites for hydroxylation is 1. The summed E-state index contributed by atoms with van der Waals surface area (Å²) < 4.78 is 27.2. The standard InChI is InChI=1S/C27H40N2O6Si.C20H27N3O4/c1-26(2,3)34-24(31)29(25(32)35-27(4,5)6)23-21-12-10-19(18-20(21)14-15-28-23)11-13-22(30)33-16-17-36(7,8)9;1-19(2,3)26-17(24)23(18(25)27-20(4,5)6)16-15-8-7-13(12-21)11-14(15)9-10-22-16/h10,12,14-15,18H,11,13,16-17H2,1-9H3;7-11H,12,21H2,1-6H3. The Kier molecular flexibility index (Phi) is 17.0. The summed E-state index contributed by atoms with van der Waals surface area (Å²) in [4.78, 5) is 74.1. The van der Waals surface area contributed by atoms with Gasteiger partial charge in [-0.05, 0) is 136 Å². The van der Waals surface area contributed by atoms with Crippen molar-refractivity contribution in [2.75, 3.05) is 16.4 Å². The van der Waals surface area contributed by atoms with Crippen LogP contribution in [0.1, 0.15) is 101 Å². The zero-order valence-corrected chi connectivity index (χ0v) is 40.8. The lowest BCUT2D eigenvalue weighted by atomic mass is 10.0. The van der Waals surface area contributed by atoms with Crippen LogP contribution in [0.3, 0.4) is 0 Å². The van der Waals surface area contributed by atoms with E-state index in [1.165, 1.54) is 12.4 Å². The molecule has 2 N–H and O–H groups in total. The third-order valence-corrected chi connectivity index (χ3v) is 10.0. The number of amides is 4. The second kappa shape index (κ2) is 20.7. The SMILES string of the molecule is CC(C)(C)OC(=O)N(C(=O)OC(C)(C)C)c1nccc2cc(CCC(=O)OCC[Si](C)(C)C)ccc12.CC(C)(C)OC(=O)N(C(=O)OC(C)(C)C)c1nccc2cc(CN)ccc12. The summed E-state index contributed by atoms with van der Waals surface area (Å²) in [5.74, 6) is 0.0534. The summed E-state index contributed by atoms with van der Waals surface area (Å²) in [5.41, 5.74) is 4.36. The Bertz CT molecular complexity index is 2210. The number of hydrogen-bond donors (Lipinski definition) is 1. The van der Waals surface area contributed by atoms with E-state index in [1.807, 2.05) is 24.3 Å². The van der Waals surface area contributed by atoms with E-state index in [0.29, 0.717) is 30.3 Å². The third kappa shape index (κ3) is 17.2. The molecule has 0 atom stereocenters. The zero-order chi connectivity index (χ0) is 47.7. The van der Waals surface area contributed by atoms with Gasteiger partial charge in [0, 0.05) is 44.2 Å². The number of hydrogen-bond acceptors (Lipinski definition) is 13. The van der Waals surface area contributed by atoms with Gasteiger partial charge in [0.25, 0.3) is 0 Å². The van der Waals surface area contributed by atoms with E-state index in [2.05, 4.69) is 29.6 Å². The second-order valence-electron chi connectivity index (χ2n) is 20.2. The van der Waals surface area contributed by atoms with Crippen LogP contribution in [-0.4, -0.2) is 77.4 Å². The van der Waals surface area contributed by atoms with E-state index < -0.39 is 54.9 Å². The topological polar surface area (TPSA) is 190 Å². The van der Waals surface area contributed by atoms with Crippen LogP contribution in [0, 0.1) is 0 Å². The number of fused-ring (bicyclic) bond motifs is 2. The van der Waals surface area contributed by atoms with Gasteiger partial charge in [-0.3, -0.25) is 4.79 Å². The zero-order valence-electron chi connectivity index (χ0n) is 39.8. The molecule has 0 radical (unpaired) electrons. The number of carbonyl (C=O) groups excluding carboxylic acids is 5. The van der Waals surface area contributed by atoms with E-state index in [9.17, 15) is 24.0 Å². The maximum Gasteiger partial charge on any atom is 0.425 e. The highest BCUT2D eigenvalue weighted by molar-refractivity contribution is 6.76. The van der Waals surface area contributed by atoms with Gasteiger partial charge in [-0.25, -0.2) is 29.1 Å². The normalized spacial score (nSPS) is 12.1. The number of aromatic nitrogens is 2. The molecule has 0 spiro atoms. The average Bonchev–Trinajstić information content (AvgIpc) is 3.10. The Labute approximate surface area is 372 Å².